The van der Waals surface area contributed by atoms with Gasteiger partial charge in [0.25, 0.3) is 0 Å². The Morgan fingerprint density at radius 1 is 1.55 bits per heavy atom. The van der Waals surface area contributed by atoms with Gasteiger partial charge in [-0.3, -0.25) is 0 Å². The molecule has 0 amide bonds. The molecule has 0 radical (unpaired) electrons. The molecule has 0 aliphatic carbocycles. The van der Waals surface area contributed by atoms with Crippen molar-refractivity contribution in [2.75, 3.05) is 20.3 Å². The molecule has 0 spiro atoms. The molecular formula is C9H19NO. The maximum absolute atomic E-state index is 5.12. The summed E-state index contributed by atoms with van der Waals surface area (Å²) in [6, 6.07) is 0.718. The van der Waals surface area contributed by atoms with Crippen molar-refractivity contribution in [1.82, 2.24) is 5.32 Å². The Kier molecular flexibility index (Phi) is 3.34. The lowest BCUT2D eigenvalue weighted by Crippen LogP contribution is -2.55. The van der Waals surface area contributed by atoms with Gasteiger partial charge in [0.2, 0.25) is 0 Å². The molecule has 2 atom stereocenters. The van der Waals surface area contributed by atoms with Crippen molar-refractivity contribution < 1.29 is 4.74 Å². The van der Waals surface area contributed by atoms with Crippen molar-refractivity contribution in [3.05, 3.63) is 0 Å². The maximum atomic E-state index is 5.12. The SMILES string of the molecule is COCC1CNC1CC(C)C. The second-order valence-electron chi connectivity index (χ2n) is 3.86. The van der Waals surface area contributed by atoms with E-state index < -0.39 is 0 Å². The van der Waals surface area contributed by atoms with Gasteiger partial charge < -0.3 is 10.1 Å². The predicted octanol–water partition coefficient (Wildman–Crippen LogP) is 1.27. The van der Waals surface area contributed by atoms with Crippen LogP contribution in [0.5, 0.6) is 0 Å². The highest BCUT2D eigenvalue weighted by Crippen LogP contribution is 2.20. The van der Waals surface area contributed by atoms with Crippen LogP contribution < -0.4 is 5.32 Å². The van der Waals surface area contributed by atoms with E-state index in [4.69, 9.17) is 4.74 Å². The number of hydrogen-bond acceptors (Lipinski definition) is 2. The van der Waals surface area contributed by atoms with Crippen molar-refractivity contribution in [1.29, 1.82) is 0 Å². The summed E-state index contributed by atoms with van der Waals surface area (Å²) in [5.74, 6) is 1.56. The standard InChI is InChI=1S/C9H19NO/c1-7(2)4-9-8(5-10-9)6-11-3/h7-10H,4-6H2,1-3H3. The number of hydrogen-bond donors (Lipinski definition) is 1. The molecule has 1 aliphatic heterocycles. The van der Waals surface area contributed by atoms with E-state index >= 15 is 0 Å². The zero-order valence-electron chi connectivity index (χ0n) is 7.76. The summed E-state index contributed by atoms with van der Waals surface area (Å²) >= 11 is 0. The number of rotatable bonds is 4. The predicted molar refractivity (Wildman–Crippen MR) is 46.6 cm³/mol. The second kappa shape index (κ2) is 4.07. The van der Waals surface area contributed by atoms with Gasteiger partial charge in [-0.15, -0.1) is 0 Å². The van der Waals surface area contributed by atoms with E-state index in [-0.39, 0.29) is 0 Å². The number of methoxy groups -OCH3 is 1. The van der Waals surface area contributed by atoms with Crippen LogP contribution in [0.3, 0.4) is 0 Å². The largest absolute Gasteiger partial charge is 0.384 e. The van der Waals surface area contributed by atoms with Crippen LogP contribution in [0.25, 0.3) is 0 Å². The highest BCUT2D eigenvalue weighted by atomic mass is 16.5. The Balaban J connectivity index is 2.15. The van der Waals surface area contributed by atoms with E-state index in [1.54, 1.807) is 7.11 Å². The van der Waals surface area contributed by atoms with Crippen molar-refractivity contribution >= 4 is 0 Å². The third kappa shape index (κ3) is 2.46. The molecule has 1 aliphatic rings. The fourth-order valence-corrected chi connectivity index (χ4v) is 1.62. The Morgan fingerprint density at radius 2 is 2.27 bits per heavy atom. The highest BCUT2D eigenvalue weighted by molar-refractivity contribution is 4.88. The molecule has 1 fully saturated rings. The summed E-state index contributed by atoms with van der Waals surface area (Å²) in [5, 5.41) is 3.43. The monoisotopic (exact) mass is 157 g/mol. The Hall–Kier alpha value is -0.0800. The van der Waals surface area contributed by atoms with E-state index in [1.807, 2.05) is 0 Å². The molecule has 2 unspecified atom stereocenters. The van der Waals surface area contributed by atoms with E-state index in [9.17, 15) is 0 Å². The van der Waals surface area contributed by atoms with E-state index in [1.165, 1.54) is 6.42 Å². The molecule has 1 saturated heterocycles. The molecule has 1 heterocycles. The van der Waals surface area contributed by atoms with Crippen molar-refractivity contribution in [3.8, 4) is 0 Å². The van der Waals surface area contributed by atoms with Gasteiger partial charge in [0.05, 0.1) is 6.61 Å². The van der Waals surface area contributed by atoms with Crippen LogP contribution in [0.4, 0.5) is 0 Å². The van der Waals surface area contributed by atoms with Gasteiger partial charge in [-0.2, -0.15) is 0 Å². The van der Waals surface area contributed by atoms with Gasteiger partial charge >= 0.3 is 0 Å². The molecule has 1 N–H and O–H groups in total. The molecule has 2 heteroatoms. The van der Waals surface area contributed by atoms with Crippen LogP contribution in [0.15, 0.2) is 0 Å². The summed E-state index contributed by atoms with van der Waals surface area (Å²) in [5.41, 5.74) is 0. The van der Waals surface area contributed by atoms with Gasteiger partial charge in [-0.25, -0.2) is 0 Å². The first kappa shape index (κ1) is 9.01. The summed E-state index contributed by atoms with van der Waals surface area (Å²) < 4.78 is 5.12. The Morgan fingerprint density at radius 3 is 2.64 bits per heavy atom. The van der Waals surface area contributed by atoms with Crippen molar-refractivity contribution in [3.63, 3.8) is 0 Å². The summed E-state index contributed by atoms with van der Waals surface area (Å²) in [6.45, 7) is 6.60. The van der Waals surface area contributed by atoms with Crippen LogP contribution in [0, 0.1) is 11.8 Å². The fraction of sp³-hybridized carbons (Fsp3) is 1.00. The molecule has 0 aromatic rings. The lowest BCUT2D eigenvalue weighted by Gasteiger charge is -2.38. The smallest absolute Gasteiger partial charge is 0.0517 e. The van der Waals surface area contributed by atoms with Crippen LogP contribution in [-0.4, -0.2) is 26.3 Å². The summed E-state index contributed by atoms with van der Waals surface area (Å²) in [7, 11) is 1.78. The first-order valence-electron chi connectivity index (χ1n) is 4.46. The third-order valence-corrected chi connectivity index (χ3v) is 2.32. The number of nitrogens with one attached hydrogen (secondary N) is 1. The summed E-state index contributed by atoms with van der Waals surface area (Å²) in [6.07, 6.45) is 1.29. The molecule has 11 heavy (non-hydrogen) atoms. The second-order valence-corrected chi connectivity index (χ2v) is 3.86. The normalized spacial score (nSPS) is 30.5. The zero-order chi connectivity index (χ0) is 8.27. The molecule has 1 rings (SSSR count). The zero-order valence-corrected chi connectivity index (χ0v) is 7.76. The first-order valence-corrected chi connectivity index (χ1v) is 4.46. The van der Waals surface area contributed by atoms with Crippen molar-refractivity contribution in [2.45, 2.75) is 26.3 Å². The first-order chi connectivity index (χ1) is 5.24. The van der Waals surface area contributed by atoms with E-state index in [2.05, 4.69) is 19.2 Å². The molecule has 66 valence electrons. The Labute approximate surface area is 69.3 Å². The molecule has 0 saturated carbocycles. The van der Waals surface area contributed by atoms with Gasteiger partial charge in [0, 0.05) is 25.6 Å². The quantitative estimate of drug-likeness (QED) is 0.663. The third-order valence-electron chi connectivity index (χ3n) is 2.32. The minimum atomic E-state index is 0.718. The summed E-state index contributed by atoms with van der Waals surface area (Å²) in [4.78, 5) is 0. The molecule has 0 aromatic heterocycles. The molecule has 0 aromatic carbocycles. The lowest BCUT2D eigenvalue weighted by atomic mass is 9.86. The van der Waals surface area contributed by atoms with Crippen LogP contribution >= 0.6 is 0 Å². The fourth-order valence-electron chi connectivity index (χ4n) is 1.62. The average molecular weight is 157 g/mol. The Bertz CT molecular complexity index is 114. The van der Waals surface area contributed by atoms with Gasteiger partial charge in [0.1, 0.15) is 0 Å². The van der Waals surface area contributed by atoms with Crippen LogP contribution in [-0.2, 0) is 4.74 Å². The van der Waals surface area contributed by atoms with Crippen molar-refractivity contribution in [2.24, 2.45) is 11.8 Å². The number of ether oxygens (including phenoxy) is 1. The highest BCUT2D eigenvalue weighted by Gasteiger charge is 2.29. The van der Waals surface area contributed by atoms with Gasteiger partial charge in [0.15, 0.2) is 0 Å². The maximum Gasteiger partial charge on any atom is 0.0517 e. The van der Waals surface area contributed by atoms with E-state index in [0.717, 1.165) is 31.0 Å². The lowest BCUT2D eigenvalue weighted by molar-refractivity contribution is 0.0798. The van der Waals surface area contributed by atoms with E-state index in [0.29, 0.717) is 0 Å². The topological polar surface area (TPSA) is 21.3 Å². The molecule has 2 nitrogen and oxygen atoms in total. The average Bonchev–Trinajstić information content (AvgIpc) is 1.93. The minimum absolute atomic E-state index is 0.718. The van der Waals surface area contributed by atoms with Gasteiger partial charge in [-0.1, -0.05) is 13.8 Å². The molecular weight excluding hydrogens is 138 g/mol. The van der Waals surface area contributed by atoms with Crippen LogP contribution in [0.1, 0.15) is 20.3 Å². The molecule has 0 bridgehead atoms. The van der Waals surface area contributed by atoms with Gasteiger partial charge in [-0.05, 0) is 12.3 Å². The van der Waals surface area contributed by atoms with Crippen LogP contribution in [0.2, 0.25) is 0 Å². The minimum Gasteiger partial charge on any atom is -0.384 e.